The Kier molecular flexibility index (Phi) is 13.0. The number of benzene rings is 4. The highest BCUT2D eigenvalue weighted by Gasteiger charge is 2.36. The number of aromatic hydroxyl groups is 2. The van der Waals surface area contributed by atoms with Crippen molar-refractivity contribution in [1.29, 1.82) is 0 Å². The van der Waals surface area contributed by atoms with Crippen LogP contribution in [-0.4, -0.2) is 40.2 Å². The third kappa shape index (κ3) is 11.9. The highest BCUT2D eigenvalue weighted by Crippen LogP contribution is 2.46. The largest absolute Gasteiger partial charge is 0.506 e. The number of hydrogen-bond acceptors (Lipinski definition) is 6. The van der Waals surface area contributed by atoms with Crippen LogP contribution in [0.4, 0.5) is 26.3 Å². The average molecular weight is 895 g/mol. The molecule has 6 aromatic rings. The van der Waals surface area contributed by atoms with Gasteiger partial charge in [-0.3, -0.25) is 0 Å². The molecule has 6 rings (SSSR count). The molecular weight excluding hydrogens is 831 g/mol. The summed E-state index contributed by atoms with van der Waals surface area (Å²) in [4.78, 5) is 2.46. The summed E-state index contributed by atoms with van der Waals surface area (Å²) in [7, 11) is 0. The number of hydrogen-bond donors (Lipinski definition) is 2. The normalized spacial score (nSPS) is 13.7. The summed E-state index contributed by atoms with van der Waals surface area (Å²) in [5, 5.41) is 39.0. The lowest BCUT2D eigenvalue weighted by Crippen LogP contribution is -2.28. The van der Waals surface area contributed by atoms with Gasteiger partial charge in [0.05, 0.1) is 11.1 Å². The zero-order valence-electron chi connectivity index (χ0n) is 39.8. The van der Waals surface area contributed by atoms with Crippen LogP contribution in [0.2, 0.25) is 0 Å². The van der Waals surface area contributed by atoms with Crippen LogP contribution in [0.1, 0.15) is 151 Å². The monoisotopic (exact) mass is 894 g/mol. The van der Waals surface area contributed by atoms with Gasteiger partial charge in [-0.1, -0.05) is 116 Å². The Morgan fingerprint density at radius 3 is 1.19 bits per heavy atom. The molecule has 0 unspecified atom stereocenters. The molecule has 8 nitrogen and oxygen atoms in total. The summed E-state index contributed by atoms with van der Waals surface area (Å²) in [6.45, 7) is 32.4. The Labute approximate surface area is 373 Å². The first-order chi connectivity index (χ1) is 28.9. The van der Waals surface area contributed by atoms with Crippen LogP contribution in [-0.2, 0) is 28.6 Å². The van der Waals surface area contributed by atoms with Crippen LogP contribution >= 0.6 is 0 Å². The van der Waals surface area contributed by atoms with Gasteiger partial charge in [-0.05, 0) is 117 Å². The minimum Gasteiger partial charge on any atom is -0.506 e. The van der Waals surface area contributed by atoms with Crippen molar-refractivity contribution in [3.8, 4) is 22.9 Å². The highest BCUT2D eigenvalue weighted by molar-refractivity contribution is 5.76. The Morgan fingerprint density at radius 1 is 0.406 bits per heavy atom. The van der Waals surface area contributed by atoms with E-state index in [1.54, 1.807) is 12.1 Å². The molecule has 0 fully saturated rings. The van der Waals surface area contributed by atoms with E-state index < -0.39 is 23.5 Å². The first-order valence-electron chi connectivity index (χ1n) is 21.5. The van der Waals surface area contributed by atoms with E-state index in [1.807, 2.05) is 12.1 Å². The third-order valence-corrected chi connectivity index (χ3v) is 11.1. The van der Waals surface area contributed by atoms with Gasteiger partial charge < -0.3 is 10.2 Å². The van der Waals surface area contributed by atoms with Crippen molar-refractivity contribution >= 4 is 22.1 Å². The Hall–Kier alpha value is -5.14. The van der Waals surface area contributed by atoms with Gasteiger partial charge in [-0.25, -0.2) is 0 Å². The van der Waals surface area contributed by atoms with Gasteiger partial charge in [0, 0.05) is 5.56 Å². The van der Waals surface area contributed by atoms with E-state index in [0.717, 1.165) is 60.2 Å². The molecule has 0 atom stereocenters. The van der Waals surface area contributed by atoms with E-state index in [9.17, 15) is 36.6 Å². The quantitative estimate of drug-likeness (QED) is 0.148. The summed E-state index contributed by atoms with van der Waals surface area (Å²) in [6, 6.07) is 15.7. The minimum absolute atomic E-state index is 0.0136. The molecule has 2 heterocycles. The number of aromatic nitrogens is 6. The first-order valence-corrected chi connectivity index (χ1v) is 21.5. The van der Waals surface area contributed by atoms with Crippen LogP contribution in [0.3, 0.4) is 0 Å². The van der Waals surface area contributed by atoms with E-state index in [2.05, 4.69) is 130 Å². The maximum Gasteiger partial charge on any atom is 0.416 e. The second-order valence-electron chi connectivity index (χ2n) is 22.8. The third-order valence-electron chi connectivity index (χ3n) is 11.1. The van der Waals surface area contributed by atoms with Crippen molar-refractivity contribution in [3.63, 3.8) is 0 Å². The van der Waals surface area contributed by atoms with Gasteiger partial charge in [0.1, 0.15) is 44.9 Å². The fourth-order valence-electron chi connectivity index (χ4n) is 9.46. The van der Waals surface area contributed by atoms with Crippen molar-refractivity contribution in [2.75, 3.05) is 0 Å². The molecule has 0 aliphatic rings. The van der Waals surface area contributed by atoms with Gasteiger partial charge in [-0.2, -0.15) is 26.3 Å². The summed E-state index contributed by atoms with van der Waals surface area (Å²) >= 11 is 0. The molecule has 64 heavy (non-hydrogen) atoms. The summed E-state index contributed by atoms with van der Waals surface area (Å²) in [6.07, 6.45) is -6.29. The van der Waals surface area contributed by atoms with Crippen molar-refractivity contribution in [3.05, 3.63) is 94.5 Å². The molecule has 0 spiro atoms. The van der Waals surface area contributed by atoms with Gasteiger partial charge in [0.15, 0.2) is 0 Å². The van der Waals surface area contributed by atoms with Crippen molar-refractivity contribution in [2.24, 2.45) is 16.2 Å². The summed E-state index contributed by atoms with van der Waals surface area (Å²) < 4.78 is 78.6. The van der Waals surface area contributed by atoms with Crippen LogP contribution < -0.4 is 0 Å². The topological polar surface area (TPSA) is 102 Å². The van der Waals surface area contributed by atoms with Gasteiger partial charge >= 0.3 is 12.4 Å². The van der Waals surface area contributed by atoms with Crippen molar-refractivity contribution in [1.82, 2.24) is 30.0 Å². The molecule has 0 amide bonds. The van der Waals surface area contributed by atoms with Crippen molar-refractivity contribution in [2.45, 2.75) is 152 Å². The van der Waals surface area contributed by atoms with E-state index in [0.29, 0.717) is 22.4 Å². The molecule has 2 N–H and O–H groups in total. The second kappa shape index (κ2) is 16.7. The maximum absolute atomic E-state index is 13.3. The predicted molar refractivity (Wildman–Crippen MR) is 242 cm³/mol. The molecule has 348 valence electrons. The summed E-state index contributed by atoms with van der Waals surface area (Å²) in [5.41, 5.74) is 2.26. The number of alkyl halides is 6. The fourth-order valence-corrected chi connectivity index (χ4v) is 9.46. The molecule has 0 aliphatic heterocycles. The lowest BCUT2D eigenvalue weighted by Gasteiger charge is -2.37. The number of rotatable bonds is 8. The second-order valence-corrected chi connectivity index (χ2v) is 22.8. The molecule has 0 radical (unpaired) electrons. The van der Waals surface area contributed by atoms with Crippen LogP contribution in [0, 0.1) is 16.2 Å². The minimum atomic E-state index is -4.47. The SMILES string of the molecule is CC(C)(C)CC(C)(C)c1cc(-n2nc3ccc(C(F)(F)F)cc3n2)c(O)c(C(C)(C)CC(C)(C)C)c1.CC(C)(C)CC(C)(C)c1ccc(O)c(-n2nc3ccc(C(F)(F)F)cc3n2)c1. The molecule has 0 saturated heterocycles. The Bertz CT molecular complexity index is 2630. The van der Waals surface area contributed by atoms with Gasteiger partial charge in [0.2, 0.25) is 0 Å². The standard InChI is InChI=1S/C29H40F3N3O.C21H24F3N3O/c1-25(2,3)16-27(7,8)19-13-20(28(9,10)17-26(4,5)6)24(36)23(15-19)35-33-21-12-11-18(29(30,31)32)14-22(21)34-35;1-19(2,3)12-20(4,5)13-7-9-18(28)17(11-13)27-25-15-8-6-14(21(22,23)24)10-16(15)26-27/h11-15,36H,16-17H2,1-10H3;6-11,28H,12H2,1-5H3. The average Bonchev–Trinajstić information content (AvgIpc) is 3.72. The van der Waals surface area contributed by atoms with E-state index in [-0.39, 0.29) is 55.0 Å². The molecular formula is C50H64F6N6O2. The highest BCUT2D eigenvalue weighted by atomic mass is 19.4. The Morgan fingerprint density at radius 2 is 0.766 bits per heavy atom. The van der Waals surface area contributed by atoms with E-state index in [1.165, 1.54) is 21.7 Å². The molecule has 0 saturated carbocycles. The predicted octanol–water partition coefficient (Wildman–Crippen LogP) is 14.4. The molecule has 2 aromatic heterocycles. The first kappa shape index (κ1) is 49.9. The zero-order valence-corrected chi connectivity index (χ0v) is 39.8. The molecule has 0 bridgehead atoms. The van der Waals surface area contributed by atoms with Crippen molar-refractivity contribution < 1.29 is 36.6 Å². The van der Waals surface area contributed by atoms with Crippen LogP contribution in [0.5, 0.6) is 11.5 Å². The molecule has 14 heteroatoms. The number of fused-ring (bicyclic) bond motifs is 2. The van der Waals surface area contributed by atoms with Gasteiger partial charge in [0.25, 0.3) is 0 Å². The number of phenolic OH excluding ortho intramolecular Hbond substituents is 2. The fraction of sp³-hybridized carbons (Fsp3) is 0.520. The lowest BCUT2D eigenvalue weighted by atomic mass is 9.68. The van der Waals surface area contributed by atoms with E-state index in [4.69, 9.17) is 0 Å². The lowest BCUT2D eigenvalue weighted by molar-refractivity contribution is -0.138. The number of nitrogens with zero attached hydrogens (tertiary/aromatic N) is 6. The smallest absolute Gasteiger partial charge is 0.416 e. The van der Waals surface area contributed by atoms with E-state index >= 15 is 0 Å². The molecule has 0 aliphatic carbocycles. The summed E-state index contributed by atoms with van der Waals surface area (Å²) in [5.74, 6) is 0.0163. The van der Waals surface area contributed by atoms with Crippen LogP contribution in [0.15, 0.2) is 66.7 Å². The zero-order chi connectivity index (χ0) is 48.4. The number of phenols is 2. The molecule has 4 aromatic carbocycles. The van der Waals surface area contributed by atoms with Gasteiger partial charge in [-0.15, -0.1) is 30.0 Å². The van der Waals surface area contributed by atoms with Crippen LogP contribution in [0.25, 0.3) is 33.4 Å². The number of halogens is 6. The Balaban J connectivity index is 0.000000248. The maximum atomic E-state index is 13.3.